The maximum Gasteiger partial charge on any atom is 0.330 e. The normalized spacial score (nSPS) is 24.9. The van der Waals surface area contributed by atoms with Crippen LogP contribution >= 0.6 is 0 Å². The van der Waals surface area contributed by atoms with Crippen LogP contribution in [0.25, 0.3) is 0 Å². The van der Waals surface area contributed by atoms with E-state index >= 15 is 0 Å². The van der Waals surface area contributed by atoms with Crippen molar-refractivity contribution in [3.8, 4) is 0 Å². The van der Waals surface area contributed by atoms with Crippen LogP contribution in [0.5, 0.6) is 0 Å². The minimum absolute atomic E-state index is 0.0888. The Morgan fingerprint density at radius 1 is 1.40 bits per heavy atom. The summed E-state index contributed by atoms with van der Waals surface area (Å²) >= 11 is 0. The molecule has 0 aromatic heterocycles. The fourth-order valence-corrected chi connectivity index (χ4v) is 2.37. The van der Waals surface area contributed by atoms with Crippen LogP contribution in [0.3, 0.4) is 0 Å². The predicted octanol–water partition coefficient (Wildman–Crippen LogP) is 0.801. The van der Waals surface area contributed by atoms with E-state index in [1.165, 1.54) is 11.4 Å². The lowest BCUT2D eigenvalue weighted by molar-refractivity contribution is -0.151. The number of fused-ring (bicyclic) bond motifs is 2. The van der Waals surface area contributed by atoms with Gasteiger partial charge in [0.05, 0.1) is 6.61 Å². The summed E-state index contributed by atoms with van der Waals surface area (Å²) in [5.41, 5.74) is 2.51. The number of hydrogen-bond acceptors (Lipinski definition) is 4. The Kier molecular flexibility index (Phi) is 2.59. The molecule has 3 heterocycles. The van der Waals surface area contributed by atoms with Crippen molar-refractivity contribution in [2.75, 3.05) is 26.2 Å². The van der Waals surface area contributed by atoms with Crippen LogP contribution in [-0.4, -0.2) is 48.1 Å². The van der Waals surface area contributed by atoms with Crippen molar-refractivity contribution in [2.45, 2.75) is 26.8 Å². The molecule has 0 saturated carbocycles. The van der Waals surface area contributed by atoms with Gasteiger partial charge in [0.25, 0.3) is 0 Å². The van der Waals surface area contributed by atoms with Gasteiger partial charge in [-0.1, -0.05) is 0 Å². The number of piperazine rings is 1. The number of hydrogen-bond donors (Lipinski definition) is 0. The zero-order valence-corrected chi connectivity index (χ0v) is 9.62. The average molecular weight is 210 g/mol. The lowest BCUT2D eigenvalue weighted by Gasteiger charge is -2.49. The van der Waals surface area contributed by atoms with E-state index in [2.05, 4.69) is 23.6 Å². The van der Waals surface area contributed by atoms with Crippen LogP contribution in [0.1, 0.15) is 20.8 Å². The average Bonchev–Trinajstić information content (AvgIpc) is 2.25. The molecule has 0 aliphatic carbocycles. The standard InChI is InChI=1S/C11H18N2O2/c1-4-15-11(14)10-7-12-5-6-13(10)9(3)8(12)2/h10H,4-7H2,1-3H3. The summed E-state index contributed by atoms with van der Waals surface area (Å²) in [5.74, 6) is -0.0888. The Balaban J connectivity index is 2.17. The van der Waals surface area contributed by atoms with Crippen LogP contribution in [0.2, 0.25) is 0 Å². The lowest BCUT2D eigenvalue weighted by Crippen LogP contribution is -2.59. The predicted molar refractivity (Wildman–Crippen MR) is 57.1 cm³/mol. The number of carbonyl (C=O) groups is 1. The first-order valence-corrected chi connectivity index (χ1v) is 5.51. The van der Waals surface area contributed by atoms with Crippen molar-refractivity contribution in [1.82, 2.24) is 9.80 Å². The van der Waals surface area contributed by atoms with E-state index in [0.717, 1.165) is 19.6 Å². The summed E-state index contributed by atoms with van der Waals surface area (Å²) in [6, 6.07) is -0.0950. The quantitative estimate of drug-likeness (QED) is 0.631. The summed E-state index contributed by atoms with van der Waals surface area (Å²) in [6.45, 7) is 9.25. The van der Waals surface area contributed by atoms with Gasteiger partial charge in [-0.15, -0.1) is 0 Å². The molecule has 1 saturated heterocycles. The first-order valence-electron chi connectivity index (χ1n) is 5.51. The number of nitrogens with zero attached hydrogens (tertiary/aromatic N) is 2. The van der Waals surface area contributed by atoms with Gasteiger partial charge < -0.3 is 14.5 Å². The van der Waals surface area contributed by atoms with Crippen LogP contribution in [0.15, 0.2) is 11.4 Å². The molecule has 1 fully saturated rings. The van der Waals surface area contributed by atoms with Gasteiger partial charge in [-0.05, 0) is 20.8 Å². The molecule has 3 rings (SSSR count). The summed E-state index contributed by atoms with van der Waals surface area (Å²) in [7, 11) is 0. The third-order valence-corrected chi connectivity index (χ3v) is 3.37. The van der Waals surface area contributed by atoms with E-state index < -0.39 is 0 Å². The van der Waals surface area contributed by atoms with Crippen LogP contribution < -0.4 is 0 Å². The minimum Gasteiger partial charge on any atom is -0.464 e. The number of rotatable bonds is 2. The Hall–Kier alpha value is -1.19. The summed E-state index contributed by atoms with van der Waals surface area (Å²) in [4.78, 5) is 16.2. The van der Waals surface area contributed by atoms with Crippen molar-refractivity contribution in [3.63, 3.8) is 0 Å². The Labute approximate surface area is 90.5 Å². The van der Waals surface area contributed by atoms with Gasteiger partial charge in [0, 0.05) is 31.0 Å². The van der Waals surface area contributed by atoms with Gasteiger partial charge in [-0.3, -0.25) is 0 Å². The summed E-state index contributed by atoms with van der Waals surface area (Å²) < 4.78 is 5.09. The van der Waals surface area contributed by atoms with Gasteiger partial charge in [0.1, 0.15) is 6.04 Å². The van der Waals surface area contributed by atoms with E-state index in [0.29, 0.717) is 6.61 Å². The highest BCUT2D eigenvalue weighted by Crippen LogP contribution is 2.28. The molecule has 84 valence electrons. The molecule has 1 unspecified atom stereocenters. The molecule has 0 radical (unpaired) electrons. The number of ether oxygens (including phenoxy) is 1. The molecule has 0 spiro atoms. The Morgan fingerprint density at radius 3 is 2.73 bits per heavy atom. The molecule has 0 N–H and O–H groups in total. The number of allylic oxidation sites excluding steroid dienone is 2. The third kappa shape index (κ3) is 1.58. The van der Waals surface area contributed by atoms with Crippen molar-refractivity contribution in [2.24, 2.45) is 0 Å². The van der Waals surface area contributed by atoms with Crippen LogP contribution in [-0.2, 0) is 9.53 Å². The molecule has 3 aliphatic heterocycles. The van der Waals surface area contributed by atoms with Crippen molar-refractivity contribution >= 4 is 5.97 Å². The Bertz CT molecular complexity index is 312. The van der Waals surface area contributed by atoms with Gasteiger partial charge in [0.2, 0.25) is 0 Å². The molecule has 1 atom stereocenters. The molecule has 3 aliphatic rings. The molecule has 0 aromatic carbocycles. The second kappa shape index (κ2) is 3.76. The second-order valence-electron chi connectivity index (χ2n) is 4.08. The zero-order valence-electron chi connectivity index (χ0n) is 9.62. The van der Waals surface area contributed by atoms with Crippen LogP contribution in [0.4, 0.5) is 0 Å². The van der Waals surface area contributed by atoms with Crippen LogP contribution in [0, 0.1) is 0 Å². The van der Waals surface area contributed by atoms with Gasteiger partial charge in [-0.2, -0.15) is 0 Å². The first-order chi connectivity index (χ1) is 7.15. The molecule has 0 amide bonds. The first kappa shape index (κ1) is 10.3. The number of carbonyl (C=O) groups excluding carboxylic acids is 1. The van der Waals surface area contributed by atoms with E-state index in [4.69, 9.17) is 4.74 Å². The smallest absolute Gasteiger partial charge is 0.330 e. The lowest BCUT2D eigenvalue weighted by atomic mass is 10.0. The molecule has 4 heteroatoms. The van der Waals surface area contributed by atoms with E-state index in [-0.39, 0.29) is 12.0 Å². The van der Waals surface area contributed by atoms with E-state index in [1.807, 2.05) is 6.92 Å². The van der Waals surface area contributed by atoms with Crippen molar-refractivity contribution in [1.29, 1.82) is 0 Å². The van der Waals surface area contributed by atoms with E-state index in [9.17, 15) is 4.79 Å². The van der Waals surface area contributed by atoms with Gasteiger partial charge in [0.15, 0.2) is 0 Å². The van der Waals surface area contributed by atoms with Gasteiger partial charge in [-0.25, -0.2) is 4.79 Å². The summed E-state index contributed by atoms with van der Waals surface area (Å²) in [5, 5.41) is 0. The minimum atomic E-state index is -0.0950. The molecule has 0 aromatic rings. The van der Waals surface area contributed by atoms with Crippen molar-refractivity contribution < 1.29 is 9.53 Å². The largest absolute Gasteiger partial charge is 0.464 e. The molecule has 2 bridgehead atoms. The highest BCUT2D eigenvalue weighted by molar-refractivity contribution is 5.77. The molecular weight excluding hydrogens is 192 g/mol. The fourth-order valence-electron chi connectivity index (χ4n) is 2.37. The monoisotopic (exact) mass is 210 g/mol. The number of esters is 1. The summed E-state index contributed by atoms with van der Waals surface area (Å²) in [6.07, 6.45) is 0. The zero-order chi connectivity index (χ0) is 11.0. The SMILES string of the molecule is CCOC(=O)C1CN2CCN1C(C)=C2C. The highest BCUT2D eigenvalue weighted by atomic mass is 16.5. The van der Waals surface area contributed by atoms with Crippen molar-refractivity contribution in [3.05, 3.63) is 11.4 Å². The Morgan fingerprint density at radius 2 is 2.13 bits per heavy atom. The third-order valence-electron chi connectivity index (χ3n) is 3.37. The second-order valence-corrected chi connectivity index (χ2v) is 4.08. The van der Waals surface area contributed by atoms with Gasteiger partial charge >= 0.3 is 5.97 Å². The molecule has 4 nitrogen and oxygen atoms in total. The highest BCUT2D eigenvalue weighted by Gasteiger charge is 2.38. The van der Waals surface area contributed by atoms with E-state index in [1.54, 1.807) is 0 Å². The topological polar surface area (TPSA) is 32.8 Å². The maximum absolute atomic E-state index is 11.7. The maximum atomic E-state index is 11.7. The molecular formula is C11H18N2O2. The molecule has 15 heavy (non-hydrogen) atoms. The fraction of sp³-hybridized carbons (Fsp3) is 0.727.